The van der Waals surface area contributed by atoms with Gasteiger partial charge in [0, 0.05) is 30.4 Å². The lowest BCUT2D eigenvalue weighted by Gasteiger charge is -2.13. The Labute approximate surface area is 106 Å². The first kappa shape index (κ1) is 12.8. The van der Waals surface area contributed by atoms with Gasteiger partial charge in [0.15, 0.2) is 0 Å². The molecule has 1 atom stereocenters. The van der Waals surface area contributed by atoms with Crippen molar-refractivity contribution in [3.63, 3.8) is 0 Å². The van der Waals surface area contributed by atoms with E-state index in [1.54, 1.807) is 12.3 Å². The molecule has 2 aromatic rings. The van der Waals surface area contributed by atoms with E-state index in [1.165, 1.54) is 6.07 Å². The van der Waals surface area contributed by atoms with E-state index in [9.17, 15) is 4.39 Å². The van der Waals surface area contributed by atoms with Crippen molar-refractivity contribution in [2.24, 2.45) is 5.92 Å². The lowest BCUT2D eigenvalue weighted by molar-refractivity contribution is 0.266. The van der Waals surface area contributed by atoms with Crippen LogP contribution in [0.3, 0.4) is 0 Å². The zero-order chi connectivity index (χ0) is 13.0. The third-order valence-electron chi connectivity index (χ3n) is 2.98. The molecule has 0 saturated carbocycles. The monoisotopic (exact) mass is 248 g/mol. The Morgan fingerprint density at radius 3 is 3.00 bits per heavy atom. The third kappa shape index (κ3) is 2.76. The zero-order valence-corrected chi connectivity index (χ0v) is 10.4. The SMILES string of the molecule is CC(CCO)CNc1ccnc2c(F)cccc12. The topological polar surface area (TPSA) is 45.1 Å². The van der Waals surface area contributed by atoms with Crippen molar-refractivity contribution in [2.75, 3.05) is 18.5 Å². The van der Waals surface area contributed by atoms with Gasteiger partial charge in [0.1, 0.15) is 11.3 Å². The number of nitrogens with zero attached hydrogens (tertiary/aromatic N) is 1. The number of anilines is 1. The number of para-hydroxylation sites is 1. The van der Waals surface area contributed by atoms with Gasteiger partial charge in [-0.05, 0) is 24.5 Å². The molecule has 2 rings (SSSR count). The van der Waals surface area contributed by atoms with E-state index < -0.39 is 0 Å². The van der Waals surface area contributed by atoms with E-state index in [2.05, 4.69) is 17.2 Å². The summed E-state index contributed by atoms with van der Waals surface area (Å²) in [5.74, 6) is 0.0614. The van der Waals surface area contributed by atoms with Crippen LogP contribution >= 0.6 is 0 Å². The summed E-state index contributed by atoms with van der Waals surface area (Å²) < 4.78 is 13.6. The summed E-state index contributed by atoms with van der Waals surface area (Å²) in [6, 6.07) is 6.78. The third-order valence-corrected chi connectivity index (χ3v) is 2.98. The molecule has 0 aliphatic heterocycles. The number of benzene rings is 1. The molecule has 1 aromatic heterocycles. The lowest BCUT2D eigenvalue weighted by atomic mass is 10.1. The number of fused-ring (bicyclic) bond motifs is 1. The molecule has 0 bridgehead atoms. The predicted octanol–water partition coefficient (Wildman–Crippen LogP) is 2.80. The molecule has 0 fully saturated rings. The molecule has 0 amide bonds. The maximum absolute atomic E-state index is 13.6. The van der Waals surface area contributed by atoms with Crippen molar-refractivity contribution in [3.05, 3.63) is 36.3 Å². The van der Waals surface area contributed by atoms with E-state index in [1.807, 2.05) is 12.1 Å². The van der Waals surface area contributed by atoms with Crippen LogP contribution in [0.15, 0.2) is 30.5 Å². The first-order valence-electron chi connectivity index (χ1n) is 6.10. The van der Waals surface area contributed by atoms with Crippen molar-refractivity contribution >= 4 is 16.6 Å². The Morgan fingerprint density at radius 1 is 1.39 bits per heavy atom. The molecule has 1 unspecified atom stereocenters. The van der Waals surface area contributed by atoms with Crippen LogP contribution in [-0.4, -0.2) is 23.2 Å². The van der Waals surface area contributed by atoms with E-state index >= 15 is 0 Å². The number of rotatable bonds is 5. The molecule has 1 heterocycles. The zero-order valence-electron chi connectivity index (χ0n) is 10.4. The van der Waals surface area contributed by atoms with Crippen LogP contribution in [0.4, 0.5) is 10.1 Å². The second-order valence-corrected chi connectivity index (χ2v) is 4.49. The fourth-order valence-electron chi connectivity index (χ4n) is 1.90. The van der Waals surface area contributed by atoms with Crippen LogP contribution in [-0.2, 0) is 0 Å². The van der Waals surface area contributed by atoms with Gasteiger partial charge in [0.2, 0.25) is 0 Å². The highest BCUT2D eigenvalue weighted by atomic mass is 19.1. The summed E-state index contributed by atoms with van der Waals surface area (Å²) in [5, 5.41) is 12.9. The molecule has 0 spiro atoms. The fraction of sp³-hybridized carbons (Fsp3) is 0.357. The molecule has 18 heavy (non-hydrogen) atoms. The summed E-state index contributed by atoms with van der Waals surface area (Å²) in [4.78, 5) is 4.05. The summed E-state index contributed by atoms with van der Waals surface area (Å²) in [6.45, 7) is 3.00. The number of pyridine rings is 1. The standard InChI is InChI=1S/C14H17FN2O/c1-10(6-8-18)9-17-13-5-7-16-14-11(13)3-2-4-12(14)15/h2-5,7,10,18H,6,8-9H2,1H3,(H,16,17). The average molecular weight is 248 g/mol. The molecular weight excluding hydrogens is 231 g/mol. The Balaban J connectivity index is 2.21. The van der Waals surface area contributed by atoms with Gasteiger partial charge in [-0.1, -0.05) is 19.1 Å². The molecule has 3 nitrogen and oxygen atoms in total. The highest BCUT2D eigenvalue weighted by Gasteiger charge is 2.07. The summed E-state index contributed by atoms with van der Waals surface area (Å²) in [5.41, 5.74) is 1.27. The van der Waals surface area contributed by atoms with Crippen molar-refractivity contribution in [1.29, 1.82) is 0 Å². The van der Waals surface area contributed by atoms with Gasteiger partial charge in [-0.25, -0.2) is 4.39 Å². The van der Waals surface area contributed by atoms with Gasteiger partial charge >= 0.3 is 0 Å². The van der Waals surface area contributed by atoms with Crippen LogP contribution < -0.4 is 5.32 Å². The van der Waals surface area contributed by atoms with Gasteiger partial charge < -0.3 is 10.4 Å². The van der Waals surface area contributed by atoms with Crippen LogP contribution in [0.25, 0.3) is 10.9 Å². The average Bonchev–Trinajstić information content (AvgIpc) is 2.37. The molecular formula is C14H17FN2O. The van der Waals surface area contributed by atoms with Gasteiger partial charge in [-0.15, -0.1) is 0 Å². The minimum absolute atomic E-state index is 0.189. The van der Waals surface area contributed by atoms with Gasteiger partial charge in [0.05, 0.1) is 0 Å². The second-order valence-electron chi connectivity index (χ2n) is 4.49. The van der Waals surface area contributed by atoms with Gasteiger partial charge in [-0.3, -0.25) is 4.98 Å². The number of aliphatic hydroxyl groups excluding tert-OH is 1. The Hall–Kier alpha value is -1.68. The van der Waals surface area contributed by atoms with E-state index in [4.69, 9.17) is 5.11 Å². The normalized spacial score (nSPS) is 12.6. The molecule has 1 aromatic carbocycles. The summed E-state index contributed by atoms with van der Waals surface area (Å²) >= 11 is 0. The number of hydrogen-bond acceptors (Lipinski definition) is 3. The van der Waals surface area contributed by atoms with Crippen molar-refractivity contribution in [3.8, 4) is 0 Å². The van der Waals surface area contributed by atoms with E-state index in [0.29, 0.717) is 11.4 Å². The minimum atomic E-state index is -0.306. The number of halogens is 1. The van der Waals surface area contributed by atoms with Gasteiger partial charge in [-0.2, -0.15) is 0 Å². The number of aliphatic hydroxyl groups is 1. The molecule has 0 saturated heterocycles. The first-order valence-corrected chi connectivity index (χ1v) is 6.10. The van der Waals surface area contributed by atoms with Gasteiger partial charge in [0.25, 0.3) is 0 Å². The minimum Gasteiger partial charge on any atom is -0.396 e. The molecule has 0 aliphatic rings. The summed E-state index contributed by atoms with van der Waals surface area (Å²) in [6.07, 6.45) is 2.36. The van der Waals surface area contributed by atoms with Crippen molar-refractivity contribution in [2.45, 2.75) is 13.3 Å². The fourth-order valence-corrected chi connectivity index (χ4v) is 1.90. The van der Waals surface area contributed by atoms with Crippen LogP contribution in [0.5, 0.6) is 0 Å². The maximum Gasteiger partial charge on any atom is 0.149 e. The van der Waals surface area contributed by atoms with Crippen LogP contribution in [0, 0.1) is 11.7 Å². The smallest absolute Gasteiger partial charge is 0.149 e. The number of nitrogens with one attached hydrogen (secondary N) is 1. The van der Waals surface area contributed by atoms with E-state index in [0.717, 1.165) is 24.0 Å². The van der Waals surface area contributed by atoms with E-state index in [-0.39, 0.29) is 12.4 Å². The Bertz CT molecular complexity index is 530. The quantitative estimate of drug-likeness (QED) is 0.855. The highest BCUT2D eigenvalue weighted by molar-refractivity contribution is 5.91. The van der Waals surface area contributed by atoms with Crippen LogP contribution in [0.1, 0.15) is 13.3 Å². The van der Waals surface area contributed by atoms with Crippen LogP contribution in [0.2, 0.25) is 0 Å². The molecule has 0 aliphatic carbocycles. The Kier molecular flexibility index (Phi) is 4.10. The maximum atomic E-state index is 13.6. The molecule has 96 valence electrons. The number of aromatic nitrogens is 1. The second kappa shape index (κ2) is 5.78. The first-order chi connectivity index (χ1) is 8.72. The summed E-state index contributed by atoms with van der Waals surface area (Å²) in [7, 11) is 0. The molecule has 0 radical (unpaired) electrons. The predicted molar refractivity (Wildman–Crippen MR) is 71.1 cm³/mol. The highest BCUT2D eigenvalue weighted by Crippen LogP contribution is 2.23. The molecule has 2 N–H and O–H groups in total. The number of hydrogen-bond donors (Lipinski definition) is 2. The van der Waals surface area contributed by atoms with Crippen molar-refractivity contribution in [1.82, 2.24) is 4.98 Å². The lowest BCUT2D eigenvalue weighted by Crippen LogP contribution is -2.12. The van der Waals surface area contributed by atoms with Crippen molar-refractivity contribution < 1.29 is 9.50 Å². The largest absolute Gasteiger partial charge is 0.396 e. The molecule has 4 heteroatoms. The Morgan fingerprint density at radius 2 is 2.22 bits per heavy atom.